The van der Waals surface area contributed by atoms with Gasteiger partial charge in [-0.15, -0.1) is 0 Å². The summed E-state index contributed by atoms with van der Waals surface area (Å²) in [5.41, 5.74) is 0.920. The van der Waals surface area contributed by atoms with Crippen LogP contribution in [0.1, 0.15) is 12.5 Å². The lowest BCUT2D eigenvalue weighted by Crippen LogP contribution is -2.31. The van der Waals surface area contributed by atoms with Crippen LogP contribution in [0, 0.1) is 0 Å². The molecule has 1 aromatic heterocycles. The van der Waals surface area contributed by atoms with Crippen molar-refractivity contribution in [1.29, 1.82) is 0 Å². The molecule has 0 atom stereocenters. The van der Waals surface area contributed by atoms with Crippen LogP contribution in [0.2, 0.25) is 0 Å². The molecule has 15 heavy (non-hydrogen) atoms. The zero-order chi connectivity index (χ0) is 11.4. The fourth-order valence-corrected chi connectivity index (χ4v) is 1.20. The molecule has 0 aliphatic heterocycles. The zero-order valence-corrected chi connectivity index (χ0v) is 9.36. The number of aromatic nitrogens is 1. The van der Waals surface area contributed by atoms with Gasteiger partial charge in [-0.05, 0) is 12.0 Å². The summed E-state index contributed by atoms with van der Waals surface area (Å²) < 4.78 is 1.45. The highest BCUT2D eigenvalue weighted by Gasteiger charge is 2.06. The van der Waals surface area contributed by atoms with Gasteiger partial charge in [-0.2, -0.15) is 0 Å². The molecule has 0 radical (unpaired) electrons. The summed E-state index contributed by atoms with van der Waals surface area (Å²) in [6, 6.07) is 3.29. The van der Waals surface area contributed by atoms with Crippen LogP contribution in [0.15, 0.2) is 23.1 Å². The molecule has 0 fully saturated rings. The van der Waals surface area contributed by atoms with Crippen LogP contribution in [-0.4, -0.2) is 29.5 Å². The molecule has 0 bridgehead atoms. The number of rotatable bonds is 3. The number of amides is 1. The number of hydrogen-bond donors (Lipinski definition) is 0. The second kappa shape index (κ2) is 4.77. The number of nitrogens with zero attached hydrogens (tertiary/aromatic N) is 2. The van der Waals surface area contributed by atoms with E-state index in [0.717, 1.165) is 12.0 Å². The summed E-state index contributed by atoms with van der Waals surface area (Å²) in [5.74, 6) is -0.0784. The first-order chi connectivity index (χ1) is 7.04. The van der Waals surface area contributed by atoms with Crippen molar-refractivity contribution in [1.82, 2.24) is 9.47 Å². The van der Waals surface area contributed by atoms with Crippen LogP contribution in [0.3, 0.4) is 0 Å². The maximum absolute atomic E-state index is 11.4. The van der Waals surface area contributed by atoms with Gasteiger partial charge in [0.2, 0.25) is 5.91 Å². The second-order valence-corrected chi connectivity index (χ2v) is 3.65. The molecule has 0 saturated carbocycles. The van der Waals surface area contributed by atoms with Crippen LogP contribution in [-0.2, 0) is 17.8 Å². The van der Waals surface area contributed by atoms with Crippen LogP contribution in [0.4, 0.5) is 0 Å². The molecule has 0 aliphatic rings. The molecule has 1 aromatic rings. The van der Waals surface area contributed by atoms with Gasteiger partial charge in [0.05, 0.1) is 0 Å². The van der Waals surface area contributed by atoms with Gasteiger partial charge in [0.25, 0.3) is 5.56 Å². The Morgan fingerprint density at radius 2 is 2.07 bits per heavy atom. The monoisotopic (exact) mass is 208 g/mol. The van der Waals surface area contributed by atoms with Crippen molar-refractivity contribution in [2.45, 2.75) is 19.9 Å². The van der Waals surface area contributed by atoms with Crippen LogP contribution >= 0.6 is 0 Å². The van der Waals surface area contributed by atoms with Crippen molar-refractivity contribution in [2.24, 2.45) is 0 Å². The maximum Gasteiger partial charge on any atom is 0.251 e. The Hall–Kier alpha value is -1.58. The van der Waals surface area contributed by atoms with Crippen molar-refractivity contribution < 1.29 is 4.79 Å². The van der Waals surface area contributed by atoms with Crippen molar-refractivity contribution in [3.63, 3.8) is 0 Å². The standard InChI is InChI=1S/C11H16N2O2/c1-4-9-5-6-10(14)13(7-9)8-11(15)12(2)3/h5-7H,4,8H2,1-3H3. The third-order valence-corrected chi connectivity index (χ3v) is 2.26. The molecular formula is C11H16N2O2. The zero-order valence-electron chi connectivity index (χ0n) is 9.36. The minimum Gasteiger partial charge on any atom is -0.347 e. The molecule has 0 aromatic carbocycles. The van der Waals surface area contributed by atoms with E-state index in [1.54, 1.807) is 26.4 Å². The lowest BCUT2D eigenvalue weighted by Gasteiger charge is -2.12. The summed E-state index contributed by atoms with van der Waals surface area (Å²) in [5, 5.41) is 0. The highest BCUT2D eigenvalue weighted by molar-refractivity contribution is 5.75. The Balaban J connectivity index is 2.93. The molecule has 4 heteroatoms. The van der Waals surface area contributed by atoms with E-state index in [2.05, 4.69) is 0 Å². The van der Waals surface area contributed by atoms with Crippen LogP contribution < -0.4 is 5.56 Å². The largest absolute Gasteiger partial charge is 0.347 e. The number of carbonyl (C=O) groups excluding carboxylic acids is 1. The summed E-state index contributed by atoms with van der Waals surface area (Å²) in [6.45, 7) is 2.12. The Kier molecular flexibility index (Phi) is 3.66. The first-order valence-electron chi connectivity index (χ1n) is 4.94. The first-order valence-corrected chi connectivity index (χ1v) is 4.94. The molecule has 0 spiro atoms. The quantitative estimate of drug-likeness (QED) is 0.726. The average molecular weight is 208 g/mol. The second-order valence-electron chi connectivity index (χ2n) is 3.65. The van der Waals surface area contributed by atoms with Gasteiger partial charge < -0.3 is 9.47 Å². The third-order valence-electron chi connectivity index (χ3n) is 2.26. The maximum atomic E-state index is 11.4. The van der Waals surface area contributed by atoms with Gasteiger partial charge in [-0.1, -0.05) is 13.0 Å². The van der Waals surface area contributed by atoms with Gasteiger partial charge in [0.15, 0.2) is 0 Å². The van der Waals surface area contributed by atoms with E-state index in [4.69, 9.17) is 0 Å². The highest BCUT2D eigenvalue weighted by atomic mass is 16.2. The first kappa shape index (κ1) is 11.5. The topological polar surface area (TPSA) is 42.3 Å². The molecule has 4 nitrogen and oxygen atoms in total. The number of carbonyl (C=O) groups is 1. The fourth-order valence-electron chi connectivity index (χ4n) is 1.20. The van der Waals surface area contributed by atoms with Crippen molar-refractivity contribution >= 4 is 5.91 Å². The minimum atomic E-state index is -0.137. The van der Waals surface area contributed by atoms with Gasteiger partial charge in [-0.25, -0.2) is 0 Å². The molecule has 1 heterocycles. The predicted molar refractivity (Wildman–Crippen MR) is 58.8 cm³/mol. The average Bonchev–Trinajstić information content (AvgIpc) is 2.21. The Morgan fingerprint density at radius 3 is 2.60 bits per heavy atom. The smallest absolute Gasteiger partial charge is 0.251 e. The Morgan fingerprint density at radius 1 is 1.40 bits per heavy atom. The predicted octanol–water partition coefficient (Wildman–Crippen LogP) is 0.499. The van der Waals surface area contributed by atoms with Crippen molar-refractivity contribution in [3.05, 3.63) is 34.2 Å². The highest BCUT2D eigenvalue weighted by Crippen LogP contribution is 1.96. The molecule has 82 valence electrons. The molecule has 1 amide bonds. The molecule has 1 rings (SSSR count). The van der Waals surface area contributed by atoms with E-state index in [9.17, 15) is 9.59 Å². The van der Waals surface area contributed by atoms with E-state index < -0.39 is 0 Å². The van der Waals surface area contributed by atoms with Crippen LogP contribution in [0.5, 0.6) is 0 Å². The van der Waals surface area contributed by atoms with Gasteiger partial charge in [0.1, 0.15) is 6.54 Å². The van der Waals surface area contributed by atoms with E-state index in [1.807, 2.05) is 6.92 Å². The minimum absolute atomic E-state index is 0.0784. The normalized spacial score (nSPS) is 10.1. The van der Waals surface area contributed by atoms with Crippen molar-refractivity contribution in [3.8, 4) is 0 Å². The summed E-state index contributed by atoms with van der Waals surface area (Å²) in [6.07, 6.45) is 2.60. The Labute approximate surface area is 89.1 Å². The SMILES string of the molecule is CCc1ccc(=O)n(CC(=O)N(C)C)c1. The summed E-state index contributed by atoms with van der Waals surface area (Å²) >= 11 is 0. The number of likely N-dealkylation sites (N-methyl/N-ethyl adjacent to an activating group) is 1. The van der Waals surface area contributed by atoms with Crippen molar-refractivity contribution in [2.75, 3.05) is 14.1 Å². The molecule has 0 unspecified atom stereocenters. The van der Waals surface area contributed by atoms with E-state index in [-0.39, 0.29) is 18.0 Å². The lowest BCUT2D eigenvalue weighted by molar-refractivity contribution is -0.129. The van der Waals surface area contributed by atoms with Gasteiger partial charge >= 0.3 is 0 Å². The van der Waals surface area contributed by atoms with E-state index in [0.29, 0.717) is 0 Å². The number of hydrogen-bond acceptors (Lipinski definition) is 2. The molecule has 0 N–H and O–H groups in total. The van der Waals surface area contributed by atoms with Gasteiger partial charge in [0, 0.05) is 26.4 Å². The van der Waals surface area contributed by atoms with E-state index >= 15 is 0 Å². The molecule has 0 saturated heterocycles. The van der Waals surface area contributed by atoms with Crippen LogP contribution in [0.25, 0.3) is 0 Å². The lowest BCUT2D eigenvalue weighted by atomic mass is 10.2. The number of aryl methyl sites for hydroxylation is 1. The van der Waals surface area contributed by atoms with Gasteiger partial charge in [-0.3, -0.25) is 9.59 Å². The third kappa shape index (κ3) is 2.94. The summed E-state index contributed by atoms with van der Waals surface area (Å²) in [7, 11) is 3.36. The summed E-state index contributed by atoms with van der Waals surface area (Å²) in [4.78, 5) is 24.3. The molecule has 0 aliphatic carbocycles. The molecular weight excluding hydrogens is 192 g/mol. The number of pyridine rings is 1. The van der Waals surface area contributed by atoms with E-state index in [1.165, 1.54) is 15.5 Å². The fraction of sp³-hybridized carbons (Fsp3) is 0.455. The Bertz CT molecular complexity index is 407.